The Morgan fingerprint density at radius 1 is 0.967 bits per heavy atom. The third-order valence-corrected chi connectivity index (χ3v) is 6.43. The van der Waals surface area contributed by atoms with Gasteiger partial charge in [0.1, 0.15) is 5.75 Å². The van der Waals surface area contributed by atoms with Crippen LogP contribution in [0.5, 0.6) is 5.75 Å². The normalized spacial score (nSPS) is 12.8. The minimum atomic E-state index is -3.67. The lowest BCUT2D eigenvalue weighted by Gasteiger charge is -2.31. The lowest BCUT2D eigenvalue weighted by Crippen LogP contribution is -2.19. The number of benzene rings is 2. The molecule has 0 saturated carbocycles. The van der Waals surface area contributed by atoms with Crippen LogP contribution in [-0.2, 0) is 18.3 Å². The minimum absolute atomic E-state index is 0.0978. The molecule has 30 heavy (non-hydrogen) atoms. The van der Waals surface area contributed by atoms with Crippen LogP contribution in [0.25, 0.3) is 0 Å². The maximum absolute atomic E-state index is 13.8. The molecule has 0 fully saturated rings. The number of rotatable bonds is 10. The van der Waals surface area contributed by atoms with Crippen molar-refractivity contribution in [3.05, 3.63) is 59.7 Å². The molecule has 1 atom stereocenters. The molecule has 0 aliphatic rings. The van der Waals surface area contributed by atoms with Crippen molar-refractivity contribution in [2.75, 3.05) is 11.9 Å². The van der Waals surface area contributed by atoms with Gasteiger partial charge in [-0.3, -0.25) is 4.57 Å². The van der Waals surface area contributed by atoms with Gasteiger partial charge in [0.15, 0.2) is 5.78 Å². The van der Waals surface area contributed by atoms with Crippen LogP contribution in [0.1, 0.15) is 56.3 Å². The van der Waals surface area contributed by atoms with Crippen LogP contribution in [-0.4, -0.2) is 29.9 Å². The molecule has 0 amide bonds. The van der Waals surface area contributed by atoms with E-state index in [4.69, 9.17) is 13.8 Å². The Morgan fingerprint density at radius 3 is 1.97 bits per heavy atom. The zero-order valence-electron chi connectivity index (χ0n) is 18.0. The Kier molecular flexibility index (Phi) is 8.47. The smallest absolute Gasteiger partial charge is 0.357 e. The fourth-order valence-electron chi connectivity index (χ4n) is 2.81. The van der Waals surface area contributed by atoms with Gasteiger partial charge in [0, 0.05) is 5.69 Å². The van der Waals surface area contributed by atoms with Gasteiger partial charge in [-0.15, -0.1) is 0 Å². The summed E-state index contributed by atoms with van der Waals surface area (Å²) in [4.78, 5) is 11.9. The summed E-state index contributed by atoms with van der Waals surface area (Å²) >= 11 is 0. The quantitative estimate of drug-likeness (QED) is 0.364. The monoisotopic (exact) mass is 435 g/mol. The van der Waals surface area contributed by atoms with Gasteiger partial charge in [-0.2, -0.15) is 0 Å². The van der Waals surface area contributed by atoms with Gasteiger partial charge in [-0.25, -0.2) is 4.79 Å². The highest BCUT2D eigenvalue weighted by Gasteiger charge is 2.39. The van der Waals surface area contributed by atoms with Crippen LogP contribution in [0, 0.1) is 0 Å². The molecule has 0 heterocycles. The van der Waals surface area contributed by atoms with E-state index in [0.717, 1.165) is 0 Å². The number of hydrogen-bond acceptors (Lipinski definition) is 7. The average molecular weight is 435 g/mol. The van der Waals surface area contributed by atoms with Gasteiger partial charge >= 0.3 is 13.6 Å². The van der Waals surface area contributed by atoms with E-state index < -0.39 is 19.3 Å². The summed E-state index contributed by atoms with van der Waals surface area (Å²) in [5.74, 6) is -1.13. The average Bonchev–Trinajstić information content (AvgIpc) is 2.66. The van der Waals surface area contributed by atoms with E-state index in [-0.39, 0.29) is 18.0 Å². The maximum Gasteiger partial charge on any atom is 0.357 e. The molecule has 1 unspecified atom stereocenters. The number of esters is 1. The number of phenols is 1. The number of carbonyl (C=O) groups is 1. The Bertz CT molecular complexity index is 850. The molecule has 0 radical (unpaired) electrons. The Labute approximate surface area is 177 Å². The first kappa shape index (κ1) is 23.9. The predicted molar refractivity (Wildman–Crippen MR) is 117 cm³/mol. The van der Waals surface area contributed by atoms with Crippen LogP contribution in [0.3, 0.4) is 0 Å². The first-order valence-corrected chi connectivity index (χ1v) is 11.5. The number of nitrogens with one attached hydrogen (secondary N) is 1. The Hall–Kier alpha value is -2.34. The highest BCUT2D eigenvalue weighted by molar-refractivity contribution is 7.54. The third kappa shape index (κ3) is 6.59. The molecular formula is C22H30NO6P. The molecule has 2 rings (SSSR count). The molecule has 164 valence electrons. The fourth-order valence-corrected chi connectivity index (χ4v) is 5.12. The lowest BCUT2D eigenvalue weighted by molar-refractivity contribution is 0.0526. The van der Waals surface area contributed by atoms with Crippen LogP contribution >= 0.6 is 7.60 Å². The topological polar surface area (TPSA) is 94.1 Å². The van der Waals surface area contributed by atoms with Gasteiger partial charge in [0.25, 0.3) is 0 Å². The van der Waals surface area contributed by atoms with Crippen LogP contribution in [0.4, 0.5) is 5.69 Å². The van der Waals surface area contributed by atoms with Gasteiger partial charge < -0.3 is 24.2 Å². The van der Waals surface area contributed by atoms with Crippen molar-refractivity contribution in [3.8, 4) is 5.75 Å². The summed E-state index contributed by atoms with van der Waals surface area (Å²) in [6.45, 7) is 9.20. The zero-order chi connectivity index (χ0) is 22.3. The fraction of sp³-hybridized carbons (Fsp3) is 0.409. The van der Waals surface area contributed by atoms with Gasteiger partial charge in [-0.1, -0.05) is 12.1 Å². The number of ether oxygens (including phenoxy) is 1. The second-order valence-corrected chi connectivity index (χ2v) is 9.30. The number of aromatic hydroxyl groups is 1. The first-order valence-electron chi connectivity index (χ1n) is 9.93. The molecule has 7 nitrogen and oxygen atoms in total. The maximum atomic E-state index is 13.8. The summed E-state index contributed by atoms with van der Waals surface area (Å²) in [5.41, 5.74) is 1.68. The van der Waals surface area contributed by atoms with E-state index in [9.17, 15) is 14.5 Å². The molecular weight excluding hydrogens is 405 g/mol. The number of hydrogen-bond donors (Lipinski definition) is 2. The van der Waals surface area contributed by atoms with Crippen molar-refractivity contribution in [2.45, 2.75) is 52.6 Å². The van der Waals surface area contributed by atoms with Crippen molar-refractivity contribution >= 4 is 19.3 Å². The third-order valence-electron chi connectivity index (χ3n) is 3.94. The summed E-state index contributed by atoms with van der Waals surface area (Å²) in [5, 5.41) is 12.9. The van der Waals surface area contributed by atoms with E-state index in [1.54, 1.807) is 71.0 Å². The summed E-state index contributed by atoms with van der Waals surface area (Å²) in [6, 6.07) is 13.0. The lowest BCUT2D eigenvalue weighted by atomic mass is 10.2. The molecule has 2 aromatic rings. The van der Waals surface area contributed by atoms with Crippen molar-refractivity contribution in [2.24, 2.45) is 0 Å². The molecule has 0 bridgehead atoms. The molecule has 8 heteroatoms. The largest absolute Gasteiger partial charge is 0.508 e. The Balaban J connectivity index is 2.41. The predicted octanol–water partition coefficient (Wildman–Crippen LogP) is 5.72. The van der Waals surface area contributed by atoms with E-state index in [0.29, 0.717) is 23.4 Å². The van der Waals surface area contributed by atoms with Crippen LogP contribution < -0.4 is 5.32 Å². The molecule has 0 aromatic heterocycles. The first-order chi connectivity index (χ1) is 14.1. The minimum Gasteiger partial charge on any atom is -0.508 e. The highest BCUT2D eigenvalue weighted by Crippen LogP contribution is 2.62. The van der Waals surface area contributed by atoms with E-state index in [2.05, 4.69) is 5.32 Å². The molecule has 2 aromatic carbocycles. The summed E-state index contributed by atoms with van der Waals surface area (Å²) in [7, 11) is -3.67. The summed E-state index contributed by atoms with van der Waals surface area (Å²) in [6.07, 6.45) is -0.663. The standard InChI is InChI=1S/C22H30NO6P/c1-6-27-22(25)18-7-11-19(12-8-18)23-21(17-9-13-20(24)14-10-17)30(26,28-15(2)3)29-16(4)5/h7-16,21,23-24H,6H2,1-5H3. The number of carbonyl (C=O) groups excluding carboxylic acids is 1. The van der Waals surface area contributed by atoms with Gasteiger partial charge in [0.05, 0.1) is 24.4 Å². The van der Waals surface area contributed by atoms with Crippen molar-refractivity contribution < 1.29 is 28.3 Å². The van der Waals surface area contributed by atoms with Crippen LogP contribution in [0.15, 0.2) is 48.5 Å². The number of phenolic OH excluding ortho intramolecular Hbond substituents is 1. The van der Waals surface area contributed by atoms with Gasteiger partial charge in [-0.05, 0) is 76.6 Å². The van der Waals surface area contributed by atoms with Crippen LogP contribution in [0.2, 0.25) is 0 Å². The Morgan fingerprint density at radius 2 is 1.50 bits per heavy atom. The molecule has 0 aliphatic carbocycles. The van der Waals surface area contributed by atoms with E-state index in [1.165, 1.54) is 12.1 Å². The second-order valence-electron chi connectivity index (χ2n) is 7.28. The van der Waals surface area contributed by atoms with E-state index >= 15 is 0 Å². The SMILES string of the molecule is CCOC(=O)c1ccc(NC(c2ccc(O)cc2)P(=O)(OC(C)C)OC(C)C)cc1. The van der Waals surface area contributed by atoms with Crippen molar-refractivity contribution in [1.29, 1.82) is 0 Å². The van der Waals surface area contributed by atoms with E-state index in [1.807, 2.05) is 0 Å². The highest BCUT2D eigenvalue weighted by atomic mass is 31.2. The van der Waals surface area contributed by atoms with Crippen molar-refractivity contribution in [1.82, 2.24) is 0 Å². The molecule has 2 N–H and O–H groups in total. The number of anilines is 1. The van der Waals surface area contributed by atoms with Gasteiger partial charge in [0.2, 0.25) is 0 Å². The molecule has 0 saturated heterocycles. The molecule has 0 spiro atoms. The zero-order valence-corrected chi connectivity index (χ0v) is 18.9. The van der Waals surface area contributed by atoms with Crippen molar-refractivity contribution in [3.63, 3.8) is 0 Å². The molecule has 0 aliphatic heterocycles. The second kappa shape index (κ2) is 10.6. The summed E-state index contributed by atoms with van der Waals surface area (Å²) < 4.78 is 30.4.